The molecule has 4 aromatic rings. The van der Waals surface area contributed by atoms with Gasteiger partial charge in [-0.2, -0.15) is 0 Å². The smallest absolute Gasteiger partial charge is 0.338 e. The highest BCUT2D eigenvalue weighted by Crippen LogP contribution is 2.24. The zero-order valence-corrected chi connectivity index (χ0v) is 13.8. The monoisotopic (exact) mass is 333 g/mol. The van der Waals surface area contributed by atoms with E-state index in [1.807, 2.05) is 29.5 Å². The van der Waals surface area contributed by atoms with E-state index in [4.69, 9.17) is 4.74 Å². The van der Waals surface area contributed by atoms with Gasteiger partial charge < -0.3 is 4.74 Å². The average Bonchev–Trinajstić information content (AvgIpc) is 3.08. The highest BCUT2D eigenvalue weighted by molar-refractivity contribution is 5.94. The van der Waals surface area contributed by atoms with E-state index in [-0.39, 0.29) is 5.97 Å². The first-order valence-corrected chi connectivity index (χ1v) is 7.93. The molecule has 4 rings (SSSR count). The molecule has 0 saturated carbocycles. The van der Waals surface area contributed by atoms with E-state index in [1.165, 1.54) is 0 Å². The van der Waals surface area contributed by atoms with E-state index in [2.05, 4.69) is 20.2 Å². The van der Waals surface area contributed by atoms with Gasteiger partial charge in [-0.3, -0.25) is 9.38 Å². The molecule has 0 aliphatic heterocycles. The number of ether oxygens (including phenoxy) is 1. The number of pyridine rings is 1. The van der Waals surface area contributed by atoms with E-state index >= 15 is 0 Å². The fourth-order valence-electron chi connectivity index (χ4n) is 2.78. The average molecular weight is 333 g/mol. The summed E-state index contributed by atoms with van der Waals surface area (Å²) in [6, 6.07) is 10.9. The van der Waals surface area contributed by atoms with E-state index in [0.717, 1.165) is 16.7 Å². The molecule has 0 unspecified atom stereocenters. The van der Waals surface area contributed by atoms with Gasteiger partial charge in [0.1, 0.15) is 5.69 Å². The van der Waals surface area contributed by atoms with Crippen LogP contribution in [0, 0.1) is 6.92 Å². The van der Waals surface area contributed by atoms with Crippen LogP contribution in [0.1, 0.15) is 23.0 Å². The zero-order valence-electron chi connectivity index (χ0n) is 13.8. The lowest BCUT2D eigenvalue weighted by atomic mass is 10.2. The molecule has 3 aromatic heterocycles. The molecule has 0 saturated heterocycles. The minimum atomic E-state index is -0.370. The molecule has 0 spiro atoms. The maximum Gasteiger partial charge on any atom is 0.338 e. The number of nitrogens with zero attached hydrogens (tertiary/aromatic N) is 5. The standard InChI is InChI=1S/C18H15N5O2/c1-3-25-18(24)12-7-8-13-15(10-12)23-16(11(2)20-13)21-22-17(23)14-6-4-5-9-19-14/h4-10H,3H2,1-2H3. The SMILES string of the molecule is CCOC(=O)c1ccc2nc(C)c3nnc(-c4ccccn4)n3c2c1. The Morgan fingerprint density at radius 3 is 2.84 bits per heavy atom. The van der Waals surface area contributed by atoms with E-state index in [1.54, 1.807) is 31.3 Å². The number of hydrogen-bond acceptors (Lipinski definition) is 6. The second-order valence-electron chi connectivity index (χ2n) is 5.52. The molecular weight excluding hydrogens is 318 g/mol. The molecular formula is C18H15N5O2. The van der Waals surface area contributed by atoms with Crippen molar-refractivity contribution in [3.63, 3.8) is 0 Å². The molecule has 3 heterocycles. The van der Waals surface area contributed by atoms with Crippen LogP contribution >= 0.6 is 0 Å². The molecule has 0 N–H and O–H groups in total. The molecule has 0 amide bonds. The Morgan fingerprint density at radius 1 is 1.20 bits per heavy atom. The summed E-state index contributed by atoms with van der Waals surface area (Å²) < 4.78 is 6.97. The van der Waals surface area contributed by atoms with Crippen molar-refractivity contribution < 1.29 is 9.53 Å². The Bertz CT molecular complexity index is 1090. The van der Waals surface area contributed by atoms with Crippen LogP contribution in [0.5, 0.6) is 0 Å². The van der Waals surface area contributed by atoms with Crippen LogP contribution in [0.4, 0.5) is 0 Å². The van der Waals surface area contributed by atoms with Crippen LogP contribution in [0.25, 0.3) is 28.2 Å². The summed E-state index contributed by atoms with van der Waals surface area (Å²) in [6.45, 7) is 3.98. The van der Waals surface area contributed by atoms with Crippen molar-refractivity contribution in [1.82, 2.24) is 24.6 Å². The topological polar surface area (TPSA) is 82.3 Å². The number of rotatable bonds is 3. The lowest BCUT2D eigenvalue weighted by molar-refractivity contribution is 0.0526. The van der Waals surface area contributed by atoms with Crippen molar-refractivity contribution >= 4 is 22.6 Å². The number of carbonyl (C=O) groups is 1. The van der Waals surface area contributed by atoms with E-state index in [0.29, 0.717) is 29.3 Å². The van der Waals surface area contributed by atoms with Gasteiger partial charge >= 0.3 is 5.97 Å². The van der Waals surface area contributed by atoms with Crippen LogP contribution in [-0.4, -0.2) is 37.1 Å². The summed E-state index contributed by atoms with van der Waals surface area (Å²) in [4.78, 5) is 21.0. The van der Waals surface area contributed by atoms with Gasteiger partial charge in [0.15, 0.2) is 11.5 Å². The second kappa shape index (κ2) is 5.94. The van der Waals surface area contributed by atoms with Crippen LogP contribution in [0.2, 0.25) is 0 Å². The van der Waals surface area contributed by atoms with Crippen molar-refractivity contribution in [2.75, 3.05) is 6.61 Å². The fraction of sp³-hybridized carbons (Fsp3) is 0.167. The number of aromatic nitrogens is 5. The molecule has 7 heteroatoms. The summed E-state index contributed by atoms with van der Waals surface area (Å²) >= 11 is 0. The van der Waals surface area contributed by atoms with Crippen molar-refractivity contribution in [3.8, 4) is 11.5 Å². The molecule has 0 fully saturated rings. The molecule has 7 nitrogen and oxygen atoms in total. The summed E-state index contributed by atoms with van der Waals surface area (Å²) in [5.41, 5.74) is 4.03. The van der Waals surface area contributed by atoms with E-state index < -0.39 is 0 Å². The van der Waals surface area contributed by atoms with Crippen molar-refractivity contribution in [3.05, 3.63) is 53.9 Å². The maximum absolute atomic E-state index is 12.1. The lowest BCUT2D eigenvalue weighted by Crippen LogP contribution is -2.06. The molecule has 0 aliphatic carbocycles. The third-order valence-electron chi connectivity index (χ3n) is 3.90. The fourth-order valence-corrected chi connectivity index (χ4v) is 2.78. The van der Waals surface area contributed by atoms with Crippen molar-refractivity contribution in [1.29, 1.82) is 0 Å². The summed E-state index contributed by atoms with van der Waals surface area (Å²) in [5.74, 6) is 0.234. The number of hydrogen-bond donors (Lipinski definition) is 0. The van der Waals surface area contributed by atoms with Gasteiger partial charge in [-0.15, -0.1) is 10.2 Å². The summed E-state index contributed by atoms with van der Waals surface area (Å²) in [6.07, 6.45) is 1.71. The Kier molecular flexibility index (Phi) is 3.61. The third-order valence-corrected chi connectivity index (χ3v) is 3.90. The largest absolute Gasteiger partial charge is 0.462 e. The van der Waals surface area contributed by atoms with E-state index in [9.17, 15) is 4.79 Å². The number of benzene rings is 1. The predicted molar refractivity (Wildman–Crippen MR) is 92.2 cm³/mol. The van der Waals surface area contributed by atoms with Gasteiger partial charge in [0, 0.05) is 6.20 Å². The minimum Gasteiger partial charge on any atom is -0.462 e. The Balaban J connectivity index is 2.04. The van der Waals surface area contributed by atoms with Gasteiger partial charge in [0.25, 0.3) is 0 Å². The van der Waals surface area contributed by atoms with Crippen molar-refractivity contribution in [2.45, 2.75) is 13.8 Å². The van der Waals surface area contributed by atoms with Crippen LogP contribution in [-0.2, 0) is 4.74 Å². The van der Waals surface area contributed by atoms with Crippen molar-refractivity contribution in [2.24, 2.45) is 0 Å². The second-order valence-corrected chi connectivity index (χ2v) is 5.52. The van der Waals surface area contributed by atoms with Gasteiger partial charge in [0.2, 0.25) is 0 Å². The number of carbonyl (C=O) groups excluding carboxylic acids is 1. The molecule has 0 atom stereocenters. The first kappa shape index (κ1) is 15.2. The zero-order chi connectivity index (χ0) is 17.4. The maximum atomic E-state index is 12.1. The lowest BCUT2D eigenvalue weighted by Gasteiger charge is -2.08. The van der Waals surface area contributed by atoms with Gasteiger partial charge in [-0.05, 0) is 44.2 Å². The minimum absolute atomic E-state index is 0.324. The quantitative estimate of drug-likeness (QED) is 0.536. The normalized spacial score (nSPS) is 11.1. The van der Waals surface area contributed by atoms with Gasteiger partial charge in [-0.1, -0.05) is 6.07 Å². The predicted octanol–water partition coefficient (Wildman–Crippen LogP) is 2.82. The Morgan fingerprint density at radius 2 is 2.08 bits per heavy atom. The highest BCUT2D eigenvalue weighted by Gasteiger charge is 2.17. The molecule has 124 valence electrons. The van der Waals surface area contributed by atoms with Crippen LogP contribution in [0.3, 0.4) is 0 Å². The molecule has 0 bridgehead atoms. The molecule has 1 aromatic carbocycles. The first-order valence-electron chi connectivity index (χ1n) is 7.93. The first-order chi connectivity index (χ1) is 12.2. The van der Waals surface area contributed by atoms with Gasteiger partial charge in [0.05, 0.1) is 28.9 Å². The number of aryl methyl sites for hydroxylation is 1. The summed E-state index contributed by atoms with van der Waals surface area (Å²) in [5, 5.41) is 8.53. The highest BCUT2D eigenvalue weighted by atomic mass is 16.5. The van der Waals surface area contributed by atoms with Gasteiger partial charge in [-0.25, -0.2) is 9.78 Å². The van der Waals surface area contributed by atoms with Crippen LogP contribution < -0.4 is 0 Å². The molecule has 0 aliphatic rings. The molecule has 25 heavy (non-hydrogen) atoms. The number of fused-ring (bicyclic) bond motifs is 3. The Labute approximate surface area is 143 Å². The Hall–Kier alpha value is -3.35. The summed E-state index contributed by atoms with van der Waals surface area (Å²) in [7, 11) is 0. The molecule has 0 radical (unpaired) electrons. The number of esters is 1. The van der Waals surface area contributed by atoms with Crippen LogP contribution in [0.15, 0.2) is 42.6 Å². The third kappa shape index (κ3) is 2.50.